The highest BCUT2D eigenvalue weighted by Crippen LogP contribution is 2.41. The number of aryl methyl sites for hydroxylation is 3. The van der Waals surface area contributed by atoms with Crippen molar-refractivity contribution >= 4 is 38.9 Å². The Labute approximate surface area is 120 Å². The quantitative estimate of drug-likeness (QED) is 0.610. The molecule has 1 unspecified atom stereocenters. The molecule has 0 radical (unpaired) electrons. The van der Waals surface area contributed by atoms with Gasteiger partial charge in [0.25, 0.3) is 0 Å². The fourth-order valence-electron chi connectivity index (χ4n) is 1.87. The molecule has 2 aromatic rings. The zero-order chi connectivity index (χ0) is 12.6. The van der Waals surface area contributed by atoms with Crippen molar-refractivity contribution in [2.24, 2.45) is 0 Å². The van der Waals surface area contributed by atoms with Gasteiger partial charge in [0, 0.05) is 4.88 Å². The van der Waals surface area contributed by atoms with Crippen LogP contribution in [0.25, 0.3) is 0 Å². The monoisotopic (exact) mass is 328 g/mol. The first-order valence-electron chi connectivity index (χ1n) is 5.45. The lowest BCUT2D eigenvalue weighted by Crippen LogP contribution is -1.94. The predicted molar refractivity (Wildman–Crippen MR) is 80.8 cm³/mol. The maximum absolute atomic E-state index is 6.32. The Bertz CT molecular complexity index is 545. The van der Waals surface area contributed by atoms with Gasteiger partial charge in [-0.1, -0.05) is 51.3 Å². The van der Waals surface area contributed by atoms with Crippen molar-refractivity contribution in [3.63, 3.8) is 0 Å². The summed E-state index contributed by atoms with van der Waals surface area (Å²) in [5, 5.41) is 2.99. The molecule has 90 valence electrons. The van der Waals surface area contributed by atoms with Crippen LogP contribution < -0.4 is 0 Å². The Balaban J connectivity index is 2.43. The fourth-order valence-corrected chi connectivity index (χ4v) is 4.36. The molecule has 0 nitrogen and oxygen atoms in total. The van der Waals surface area contributed by atoms with Gasteiger partial charge in [0.1, 0.15) is 0 Å². The molecular weight excluding hydrogens is 316 g/mol. The van der Waals surface area contributed by atoms with E-state index >= 15 is 0 Å². The molecular formula is C14H14BrClS. The molecule has 0 N–H and O–H groups in total. The number of rotatable bonds is 2. The van der Waals surface area contributed by atoms with Crippen LogP contribution >= 0.6 is 38.9 Å². The van der Waals surface area contributed by atoms with Crippen molar-refractivity contribution in [1.29, 1.82) is 0 Å². The van der Waals surface area contributed by atoms with E-state index in [0.29, 0.717) is 0 Å². The van der Waals surface area contributed by atoms with Gasteiger partial charge in [0.05, 0.1) is 9.85 Å². The minimum Gasteiger partial charge on any atom is -0.145 e. The van der Waals surface area contributed by atoms with Gasteiger partial charge in [-0.15, -0.1) is 11.3 Å². The molecule has 1 aromatic heterocycles. The largest absolute Gasteiger partial charge is 0.145 e. The van der Waals surface area contributed by atoms with Crippen molar-refractivity contribution in [3.05, 3.63) is 55.7 Å². The summed E-state index contributed by atoms with van der Waals surface area (Å²) in [4.78, 5) is 1.38. The highest BCUT2D eigenvalue weighted by molar-refractivity contribution is 9.09. The second-order valence-electron chi connectivity index (χ2n) is 4.32. The van der Waals surface area contributed by atoms with Gasteiger partial charge in [-0.3, -0.25) is 0 Å². The number of thiophene rings is 1. The highest BCUT2D eigenvalue weighted by atomic mass is 79.9. The Morgan fingerprint density at radius 2 is 1.88 bits per heavy atom. The molecule has 0 saturated carbocycles. The number of hydrogen-bond acceptors (Lipinski definition) is 1. The summed E-state index contributed by atoms with van der Waals surface area (Å²) in [5.41, 5.74) is 5.04. The second-order valence-corrected chi connectivity index (χ2v) is 6.52. The molecule has 0 aliphatic carbocycles. The zero-order valence-electron chi connectivity index (χ0n) is 10.1. The van der Waals surface area contributed by atoms with Crippen molar-refractivity contribution in [2.75, 3.05) is 0 Å². The molecule has 0 aliphatic rings. The highest BCUT2D eigenvalue weighted by Gasteiger charge is 2.18. The number of alkyl halides is 1. The van der Waals surface area contributed by atoms with Crippen LogP contribution in [-0.4, -0.2) is 0 Å². The zero-order valence-corrected chi connectivity index (χ0v) is 13.2. The molecule has 0 fully saturated rings. The van der Waals surface area contributed by atoms with Crippen molar-refractivity contribution in [3.8, 4) is 0 Å². The van der Waals surface area contributed by atoms with E-state index in [9.17, 15) is 0 Å². The number of hydrogen-bond donors (Lipinski definition) is 0. The van der Waals surface area contributed by atoms with E-state index in [4.69, 9.17) is 11.6 Å². The van der Waals surface area contributed by atoms with E-state index in [2.05, 4.69) is 53.4 Å². The molecule has 1 atom stereocenters. The van der Waals surface area contributed by atoms with Crippen LogP contribution in [0.5, 0.6) is 0 Å². The van der Waals surface area contributed by atoms with E-state index in [0.717, 1.165) is 10.6 Å². The topological polar surface area (TPSA) is 0 Å². The Morgan fingerprint density at radius 1 is 1.18 bits per heavy atom. The van der Waals surface area contributed by atoms with Crippen LogP contribution in [0.4, 0.5) is 0 Å². The molecule has 3 heteroatoms. The number of halogens is 2. The maximum Gasteiger partial charge on any atom is 0.0755 e. The van der Waals surface area contributed by atoms with E-state index in [1.807, 2.05) is 6.92 Å². The third-order valence-electron chi connectivity index (χ3n) is 2.85. The summed E-state index contributed by atoms with van der Waals surface area (Å²) < 4.78 is 0. The van der Waals surface area contributed by atoms with Gasteiger partial charge in [0.2, 0.25) is 0 Å². The predicted octanol–water partition coefficient (Wildman–Crippen LogP) is 5.81. The van der Waals surface area contributed by atoms with Gasteiger partial charge in [0.15, 0.2) is 0 Å². The maximum atomic E-state index is 6.32. The summed E-state index contributed by atoms with van der Waals surface area (Å²) in [6.45, 7) is 6.30. The Hall–Kier alpha value is -0.310. The Morgan fingerprint density at radius 3 is 2.41 bits per heavy atom. The second kappa shape index (κ2) is 5.13. The van der Waals surface area contributed by atoms with Crippen molar-refractivity contribution in [2.45, 2.75) is 25.6 Å². The molecule has 0 bridgehead atoms. The van der Waals surface area contributed by atoms with Gasteiger partial charge < -0.3 is 0 Å². The first-order chi connectivity index (χ1) is 8.00. The van der Waals surface area contributed by atoms with E-state index in [-0.39, 0.29) is 4.83 Å². The van der Waals surface area contributed by atoms with Gasteiger partial charge in [-0.05, 0) is 42.8 Å². The molecule has 1 heterocycles. The van der Waals surface area contributed by atoms with Crippen LogP contribution in [0.15, 0.2) is 23.6 Å². The van der Waals surface area contributed by atoms with Gasteiger partial charge in [-0.2, -0.15) is 0 Å². The SMILES string of the molecule is Cc1ccc(C(Br)c2scc(C)c2Cl)c(C)c1. The average molecular weight is 330 g/mol. The minimum absolute atomic E-state index is 0.189. The van der Waals surface area contributed by atoms with Crippen LogP contribution in [0.2, 0.25) is 5.02 Å². The number of benzene rings is 1. The van der Waals surface area contributed by atoms with Crippen molar-refractivity contribution in [1.82, 2.24) is 0 Å². The molecule has 17 heavy (non-hydrogen) atoms. The van der Waals surface area contributed by atoms with Crippen LogP contribution in [-0.2, 0) is 0 Å². The van der Waals surface area contributed by atoms with Crippen molar-refractivity contribution < 1.29 is 0 Å². The van der Waals surface area contributed by atoms with Crippen LogP contribution in [0, 0.1) is 20.8 Å². The summed E-state index contributed by atoms with van der Waals surface area (Å²) in [6.07, 6.45) is 0. The van der Waals surface area contributed by atoms with E-state index in [1.165, 1.54) is 21.6 Å². The molecule has 1 aromatic carbocycles. The lowest BCUT2D eigenvalue weighted by atomic mass is 10.0. The molecule has 0 amide bonds. The summed E-state index contributed by atoms with van der Waals surface area (Å²) in [6, 6.07) is 6.53. The van der Waals surface area contributed by atoms with Crippen LogP contribution in [0.1, 0.15) is 32.0 Å². The first kappa shape index (κ1) is 13.1. The standard InChI is InChI=1S/C14H14BrClS/c1-8-4-5-11(9(2)6-8)12(15)14-13(16)10(3)7-17-14/h4-7,12H,1-3H3. The average Bonchev–Trinajstić information content (AvgIpc) is 2.59. The summed E-state index contributed by atoms with van der Waals surface area (Å²) >= 11 is 11.8. The fraction of sp³-hybridized carbons (Fsp3) is 0.286. The minimum atomic E-state index is 0.189. The Kier molecular flexibility index (Phi) is 3.96. The first-order valence-corrected chi connectivity index (χ1v) is 7.62. The lowest BCUT2D eigenvalue weighted by Gasteiger charge is -2.13. The summed E-state index contributed by atoms with van der Waals surface area (Å²) in [7, 11) is 0. The lowest BCUT2D eigenvalue weighted by molar-refractivity contribution is 1.16. The molecule has 0 aliphatic heterocycles. The van der Waals surface area contributed by atoms with Crippen LogP contribution in [0.3, 0.4) is 0 Å². The third-order valence-corrected chi connectivity index (χ3v) is 5.89. The third kappa shape index (κ3) is 2.59. The molecule has 2 rings (SSSR count). The van der Waals surface area contributed by atoms with E-state index in [1.54, 1.807) is 11.3 Å². The molecule has 0 spiro atoms. The van der Waals surface area contributed by atoms with E-state index < -0.39 is 0 Å². The normalized spacial score (nSPS) is 12.8. The van der Waals surface area contributed by atoms with Gasteiger partial charge in [-0.25, -0.2) is 0 Å². The summed E-state index contributed by atoms with van der Waals surface area (Å²) in [5.74, 6) is 0. The molecule has 0 saturated heterocycles. The smallest absolute Gasteiger partial charge is 0.0755 e. The van der Waals surface area contributed by atoms with Gasteiger partial charge >= 0.3 is 0 Å².